The Balaban J connectivity index is 1.15. The maximum absolute atomic E-state index is 12.5. The van der Waals surface area contributed by atoms with Crippen LogP contribution in [-0.2, 0) is 9.53 Å². The molecule has 1 aliphatic rings. The molecule has 3 aromatic carbocycles. The zero-order chi connectivity index (χ0) is 25.5. The Morgan fingerprint density at radius 2 is 1.59 bits per heavy atom. The summed E-state index contributed by atoms with van der Waals surface area (Å²) in [7, 11) is 0. The molecule has 0 saturated carbocycles. The van der Waals surface area contributed by atoms with Crippen LogP contribution in [0.15, 0.2) is 91.0 Å². The molecule has 4 aromatic rings. The summed E-state index contributed by atoms with van der Waals surface area (Å²) in [6, 6.07) is 27.1. The number of carbonyl (C=O) groups excluding carboxylic acids is 2. The third-order valence-corrected chi connectivity index (χ3v) is 5.95. The number of amides is 1. The second-order valence-electron chi connectivity index (χ2n) is 8.51. The molecule has 1 N–H and O–H groups in total. The van der Waals surface area contributed by atoms with Crippen LogP contribution < -0.4 is 15.0 Å². The molecule has 1 aromatic heterocycles. The molecule has 1 aliphatic heterocycles. The van der Waals surface area contributed by atoms with Gasteiger partial charge in [0.2, 0.25) is 0 Å². The topological polar surface area (TPSA) is 93.7 Å². The molecule has 1 amide bonds. The fourth-order valence-corrected chi connectivity index (χ4v) is 4.00. The van der Waals surface area contributed by atoms with Crippen molar-refractivity contribution in [3.63, 3.8) is 0 Å². The second-order valence-corrected chi connectivity index (χ2v) is 8.51. The number of anilines is 2. The molecule has 0 atom stereocenters. The van der Waals surface area contributed by atoms with Crippen LogP contribution in [0.3, 0.4) is 0 Å². The van der Waals surface area contributed by atoms with Crippen LogP contribution in [0.2, 0.25) is 0 Å². The van der Waals surface area contributed by atoms with E-state index in [9.17, 15) is 9.59 Å². The van der Waals surface area contributed by atoms with Gasteiger partial charge in [-0.2, -0.15) is 0 Å². The van der Waals surface area contributed by atoms with E-state index in [4.69, 9.17) is 9.47 Å². The lowest BCUT2D eigenvalue weighted by molar-refractivity contribution is -0.118. The second kappa shape index (κ2) is 11.5. The quantitative estimate of drug-likeness (QED) is 0.367. The van der Waals surface area contributed by atoms with E-state index in [0.717, 1.165) is 30.2 Å². The molecule has 5 rings (SSSR count). The number of hydrogen-bond donors (Lipinski definition) is 1. The van der Waals surface area contributed by atoms with Gasteiger partial charge in [-0.15, -0.1) is 10.2 Å². The van der Waals surface area contributed by atoms with Crippen molar-refractivity contribution in [1.29, 1.82) is 0 Å². The van der Waals surface area contributed by atoms with Gasteiger partial charge in [-0.1, -0.05) is 42.5 Å². The van der Waals surface area contributed by atoms with Crippen LogP contribution >= 0.6 is 0 Å². The van der Waals surface area contributed by atoms with Gasteiger partial charge in [0.05, 0.1) is 18.9 Å². The van der Waals surface area contributed by atoms with E-state index >= 15 is 0 Å². The first-order chi connectivity index (χ1) is 18.2. The number of ketones is 1. The number of carbonyl (C=O) groups is 2. The van der Waals surface area contributed by atoms with E-state index in [1.807, 2.05) is 48.5 Å². The van der Waals surface area contributed by atoms with Gasteiger partial charge < -0.3 is 19.7 Å². The molecule has 2 heterocycles. The molecular weight excluding hydrogens is 468 g/mol. The predicted octanol–water partition coefficient (Wildman–Crippen LogP) is 4.23. The first kappa shape index (κ1) is 24.1. The summed E-state index contributed by atoms with van der Waals surface area (Å²) in [5.41, 5.74) is 3.37. The van der Waals surface area contributed by atoms with E-state index < -0.39 is 0 Å². The zero-order valence-corrected chi connectivity index (χ0v) is 20.2. The van der Waals surface area contributed by atoms with Gasteiger partial charge in [0.1, 0.15) is 5.75 Å². The Labute approximate surface area is 214 Å². The van der Waals surface area contributed by atoms with Crippen molar-refractivity contribution < 1.29 is 19.1 Å². The summed E-state index contributed by atoms with van der Waals surface area (Å²) < 4.78 is 11.0. The SMILES string of the molecule is O=C(COc1ccc(C(=O)c2ccccc2)cc1)Nc1cccc(-c2ccc(N3CCOCC3)nn2)c1. The van der Waals surface area contributed by atoms with Crippen molar-refractivity contribution in [3.05, 3.63) is 102 Å². The van der Waals surface area contributed by atoms with Crippen LogP contribution in [-0.4, -0.2) is 54.8 Å². The molecular formula is C29H26N4O4. The van der Waals surface area contributed by atoms with Gasteiger partial charge in [0.15, 0.2) is 18.2 Å². The molecule has 8 nitrogen and oxygen atoms in total. The monoisotopic (exact) mass is 494 g/mol. The summed E-state index contributed by atoms with van der Waals surface area (Å²) in [6.45, 7) is 2.81. The van der Waals surface area contributed by atoms with E-state index in [1.54, 1.807) is 42.5 Å². The lowest BCUT2D eigenvalue weighted by Gasteiger charge is -2.27. The number of nitrogens with zero attached hydrogens (tertiary/aromatic N) is 3. The molecule has 0 radical (unpaired) electrons. The van der Waals surface area contributed by atoms with Crippen molar-refractivity contribution in [2.75, 3.05) is 43.1 Å². The average molecular weight is 495 g/mol. The van der Waals surface area contributed by atoms with Gasteiger partial charge >= 0.3 is 0 Å². The Kier molecular flexibility index (Phi) is 7.47. The molecule has 0 bridgehead atoms. The number of morpholine rings is 1. The van der Waals surface area contributed by atoms with Crippen molar-refractivity contribution >= 4 is 23.2 Å². The highest BCUT2D eigenvalue weighted by Gasteiger charge is 2.14. The minimum atomic E-state index is -0.296. The van der Waals surface area contributed by atoms with E-state index in [1.165, 1.54) is 0 Å². The number of hydrogen-bond acceptors (Lipinski definition) is 7. The van der Waals surface area contributed by atoms with E-state index in [0.29, 0.717) is 35.8 Å². The Hall–Kier alpha value is -4.56. The predicted molar refractivity (Wildman–Crippen MR) is 141 cm³/mol. The lowest BCUT2D eigenvalue weighted by Crippen LogP contribution is -2.36. The minimum absolute atomic E-state index is 0.0646. The molecule has 186 valence electrons. The smallest absolute Gasteiger partial charge is 0.262 e. The third-order valence-electron chi connectivity index (χ3n) is 5.95. The number of rotatable bonds is 8. The highest BCUT2D eigenvalue weighted by molar-refractivity contribution is 6.09. The molecule has 1 fully saturated rings. The van der Waals surface area contributed by atoms with Gasteiger partial charge in [-0.3, -0.25) is 9.59 Å². The summed E-state index contributed by atoms with van der Waals surface area (Å²) in [6.07, 6.45) is 0. The van der Waals surface area contributed by atoms with Gasteiger partial charge in [-0.05, 0) is 48.5 Å². The number of ether oxygens (including phenoxy) is 2. The van der Waals surface area contributed by atoms with Crippen molar-refractivity contribution in [1.82, 2.24) is 10.2 Å². The highest BCUT2D eigenvalue weighted by atomic mass is 16.5. The normalized spacial score (nSPS) is 13.1. The number of benzene rings is 3. The molecule has 0 spiro atoms. The van der Waals surface area contributed by atoms with Gasteiger partial charge in [-0.25, -0.2) is 0 Å². The van der Waals surface area contributed by atoms with Crippen molar-refractivity contribution in [3.8, 4) is 17.0 Å². The molecule has 0 unspecified atom stereocenters. The molecule has 37 heavy (non-hydrogen) atoms. The van der Waals surface area contributed by atoms with Gasteiger partial charge in [0.25, 0.3) is 5.91 Å². The number of nitrogens with one attached hydrogen (secondary N) is 1. The largest absolute Gasteiger partial charge is 0.484 e. The van der Waals surface area contributed by atoms with Crippen LogP contribution in [0.4, 0.5) is 11.5 Å². The first-order valence-electron chi connectivity index (χ1n) is 12.0. The number of aromatic nitrogens is 2. The third kappa shape index (κ3) is 6.17. The Bertz CT molecular complexity index is 1350. The maximum atomic E-state index is 12.5. The summed E-state index contributed by atoms with van der Waals surface area (Å²) in [4.78, 5) is 27.2. The summed E-state index contributed by atoms with van der Waals surface area (Å²) in [5, 5.41) is 11.6. The van der Waals surface area contributed by atoms with Crippen molar-refractivity contribution in [2.24, 2.45) is 0 Å². The lowest BCUT2D eigenvalue weighted by atomic mass is 10.0. The first-order valence-corrected chi connectivity index (χ1v) is 12.0. The molecule has 0 aliphatic carbocycles. The van der Waals surface area contributed by atoms with E-state index in [2.05, 4.69) is 20.4 Å². The Morgan fingerprint density at radius 3 is 2.32 bits per heavy atom. The summed E-state index contributed by atoms with van der Waals surface area (Å²) in [5.74, 6) is 0.968. The average Bonchev–Trinajstić information content (AvgIpc) is 2.97. The zero-order valence-electron chi connectivity index (χ0n) is 20.2. The fourth-order valence-electron chi connectivity index (χ4n) is 4.00. The highest BCUT2D eigenvalue weighted by Crippen LogP contribution is 2.22. The minimum Gasteiger partial charge on any atom is -0.484 e. The van der Waals surface area contributed by atoms with Crippen LogP contribution in [0.1, 0.15) is 15.9 Å². The standard InChI is InChI=1S/C29H26N4O4/c34-28(20-37-25-11-9-22(10-12-25)29(35)21-5-2-1-3-6-21)30-24-8-4-7-23(19-24)26-13-14-27(32-31-26)33-15-17-36-18-16-33/h1-14,19H,15-18,20H2,(H,30,34). The molecule has 8 heteroatoms. The van der Waals surface area contributed by atoms with E-state index in [-0.39, 0.29) is 18.3 Å². The Morgan fingerprint density at radius 1 is 0.838 bits per heavy atom. The fraction of sp³-hybridized carbons (Fsp3) is 0.172. The molecule has 1 saturated heterocycles. The van der Waals surface area contributed by atoms with Gasteiger partial charge in [0, 0.05) is 35.5 Å². The summed E-state index contributed by atoms with van der Waals surface area (Å²) >= 11 is 0. The van der Waals surface area contributed by atoms with Crippen LogP contribution in [0.25, 0.3) is 11.3 Å². The van der Waals surface area contributed by atoms with Crippen molar-refractivity contribution in [2.45, 2.75) is 0 Å². The maximum Gasteiger partial charge on any atom is 0.262 e. The van der Waals surface area contributed by atoms with Crippen LogP contribution in [0.5, 0.6) is 5.75 Å². The van der Waals surface area contributed by atoms with Crippen LogP contribution in [0, 0.1) is 0 Å².